The lowest BCUT2D eigenvalue weighted by Crippen LogP contribution is -2.20. The van der Waals surface area contributed by atoms with E-state index >= 15 is 0 Å². The molecule has 0 bridgehead atoms. The minimum absolute atomic E-state index is 0.204. The Morgan fingerprint density at radius 2 is 2.00 bits per heavy atom. The molecular weight excluding hydrogens is 164 g/mol. The smallest absolute Gasteiger partial charge is 0.173 e. The fraction of sp³-hybridized carbons (Fsp3) is 0.600. The molecule has 0 unspecified atom stereocenters. The van der Waals surface area contributed by atoms with E-state index in [1.807, 2.05) is 6.92 Å². The molecule has 13 heavy (non-hydrogen) atoms. The normalized spacial score (nSPS) is 19.2. The maximum absolute atomic E-state index is 11.0. The van der Waals surface area contributed by atoms with Gasteiger partial charge in [0.2, 0.25) is 0 Å². The van der Waals surface area contributed by atoms with Gasteiger partial charge < -0.3 is 5.73 Å². The van der Waals surface area contributed by atoms with E-state index in [9.17, 15) is 4.79 Å². The molecule has 0 spiro atoms. The second-order valence-corrected chi connectivity index (χ2v) is 4.10. The van der Waals surface area contributed by atoms with Crippen LogP contribution in [0.15, 0.2) is 11.6 Å². The third kappa shape index (κ3) is 5.02. The molecule has 0 saturated heterocycles. The average Bonchev–Trinajstić information content (AvgIpc) is 1.81. The summed E-state index contributed by atoms with van der Waals surface area (Å²) in [6, 6.07) is 0. The first-order chi connectivity index (χ1) is 5.91. The number of rotatable bonds is 0. The molecule has 3 heteroatoms. The van der Waals surface area contributed by atoms with Crippen molar-refractivity contribution in [1.29, 1.82) is 5.26 Å². The Labute approximate surface area is 79.2 Å². The summed E-state index contributed by atoms with van der Waals surface area (Å²) < 4.78 is 0. The van der Waals surface area contributed by atoms with Gasteiger partial charge in [-0.1, -0.05) is 19.4 Å². The Morgan fingerprint density at radius 1 is 1.54 bits per heavy atom. The van der Waals surface area contributed by atoms with Crippen LogP contribution in [-0.4, -0.2) is 5.78 Å². The molecule has 0 fully saturated rings. The molecule has 0 atom stereocenters. The van der Waals surface area contributed by atoms with Gasteiger partial charge in [-0.25, -0.2) is 0 Å². The third-order valence-electron chi connectivity index (χ3n) is 1.82. The summed E-state index contributed by atoms with van der Waals surface area (Å²) in [5.74, 6) is 0.286. The van der Waals surface area contributed by atoms with E-state index in [1.165, 1.54) is 11.8 Å². The van der Waals surface area contributed by atoms with E-state index in [-0.39, 0.29) is 11.2 Å². The van der Waals surface area contributed by atoms with Gasteiger partial charge in [-0.3, -0.25) is 4.79 Å². The minimum Gasteiger partial charge on any atom is -0.337 e. The van der Waals surface area contributed by atoms with Crippen molar-refractivity contribution >= 4 is 5.78 Å². The number of ketones is 1. The van der Waals surface area contributed by atoms with Crippen molar-refractivity contribution in [2.75, 3.05) is 0 Å². The molecule has 0 amide bonds. The molecule has 1 aliphatic carbocycles. The van der Waals surface area contributed by atoms with Gasteiger partial charge in [0.15, 0.2) is 12.0 Å². The van der Waals surface area contributed by atoms with E-state index in [0.717, 1.165) is 6.42 Å². The van der Waals surface area contributed by atoms with Crippen LogP contribution in [-0.2, 0) is 4.79 Å². The van der Waals surface area contributed by atoms with Gasteiger partial charge in [-0.2, -0.15) is 5.26 Å². The van der Waals surface area contributed by atoms with Crippen LogP contribution in [0.25, 0.3) is 0 Å². The summed E-state index contributed by atoms with van der Waals surface area (Å²) >= 11 is 0. The summed E-state index contributed by atoms with van der Waals surface area (Å²) in [6.45, 7) is 6.31. The maximum atomic E-state index is 11.0. The van der Waals surface area contributed by atoms with E-state index in [1.54, 1.807) is 6.08 Å². The molecule has 0 aliphatic heterocycles. The van der Waals surface area contributed by atoms with Crippen molar-refractivity contribution in [1.82, 2.24) is 0 Å². The van der Waals surface area contributed by atoms with Crippen LogP contribution in [0.1, 0.15) is 33.6 Å². The standard InChI is InChI=1S/C9H14O.CH2N2/c1-7-4-8(10)6-9(2,3)5-7;2-1-3/h4H,5-6H2,1-3H3;2H2. The fourth-order valence-corrected chi connectivity index (χ4v) is 1.67. The SMILES string of the molecule is CC1=CC(=O)CC(C)(C)C1.N#CN. The Hall–Kier alpha value is -1.30. The van der Waals surface area contributed by atoms with Crippen LogP contribution in [0.3, 0.4) is 0 Å². The highest BCUT2D eigenvalue weighted by atomic mass is 16.1. The Kier molecular flexibility index (Phi) is 4.19. The molecule has 72 valence electrons. The fourth-order valence-electron chi connectivity index (χ4n) is 1.67. The van der Waals surface area contributed by atoms with Crippen molar-refractivity contribution in [2.24, 2.45) is 11.1 Å². The number of hydrogen-bond acceptors (Lipinski definition) is 3. The molecule has 0 saturated carbocycles. The zero-order valence-electron chi connectivity index (χ0n) is 8.42. The Balaban J connectivity index is 0.000000424. The number of carbonyl (C=O) groups excluding carboxylic acids is 1. The van der Waals surface area contributed by atoms with Crippen LogP contribution < -0.4 is 5.73 Å². The monoisotopic (exact) mass is 180 g/mol. The second kappa shape index (κ2) is 4.66. The Bertz CT molecular complexity index is 259. The molecule has 1 aliphatic rings. The van der Waals surface area contributed by atoms with E-state index in [4.69, 9.17) is 5.26 Å². The maximum Gasteiger partial charge on any atom is 0.173 e. The molecule has 0 aromatic carbocycles. The number of nitriles is 1. The van der Waals surface area contributed by atoms with Gasteiger partial charge in [-0.05, 0) is 24.8 Å². The lowest BCUT2D eigenvalue weighted by Gasteiger charge is -2.27. The summed E-state index contributed by atoms with van der Waals surface area (Å²) in [4.78, 5) is 11.0. The van der Waals surface area contributed by atoms with E-state index < -0.39 is 0 Å². The summed E-state index contributed by atoms with van der Waals surface area (Å²) in [5.41, 5.74) is 5.58. The van der Waals surface area contributed by atoms with Gasteiger partial charge in [0.25, 0.3) is 0 Å². The Morgan fingerprint density at radius 3 is 2.31 bits per heavy atom. The minimum atomic E-state index is 0.204. The van der Waals surface area contributed by atoms with Gasteiger partial charge in [-0.15, -0.1) is 0 Å². The van der Waals surface area contributed by atoms with Crippen molar-refractivity contribution in [2.45, 2.75) is 33.6 Å². The number of hydrogen-bond donors (Lipinski definition) is 1. The second-order valence-electron chi connectivity index (χ2n) is 4.10. The number of allylic oxidation sites excluding steroid dienone is 2. The molecule has 1 rings (SSSR count). The first-order valence-electron chi connectivity index (χ1n) is 4.21. The molecule has 0 aromatic heterocycles. The molecular formula is C10H16N2O. The van der Waals surface area contributed by atoms with Crippen LogP contribution >= 0.6 is 0 Å². The highest BCUT2D eigenvalue weighted by Gasteiger charge is 2.25. The predicted molar refractivity (Wildman–Crippen MR) is 51.6 cm³/mol. The lowest BCUT2D eigenvalue weighted by molar-refractivity contribution is -0.117. The molecule has 0 aromatic rings. The third-order valence-corrected chi connectivity index (χ3v) is 1.82. The lowest BCUT2D eigenvalue weighted by atomic mass is 9.77. The molecule has 2 N–H and O–H groups in total. The first kappa shape index (κ1) is 11.7. The first-order valence-corrected chi connectivity index (χ1v) is 4.21. The van der Waals surface area contributed by atoms with Crippen LogP contribution in [0, 0.1) is 16.9 Å². The largest absolute Gasteiger partial charge is 0.337 e. The molecule has 0 heterocycles. The van der Waals surface area contributed by atoms with Gasteiger partial charge in [0.1, 0.15) is 0 Å². The summed E-state index contributed by atoms with van der Waals surface area (Å²) in [7, 11) is 0. The van der Waals surface area contributed by atoms with Gasteiger partial charge >= 0.3 is 0 Å². The van der Waals surface area contributed by atoms with Crippen LogP contribution in [0.5, 0.6) is 0 Å². The number of nitrogens with two attached hydrogens (primary N) is 1. The van der Waals surface area contributed by atoms with Crippen molar-refractivity contribution in [3.8, 4) is 6.19 Å². The molecule has 3 nitrogen and oxygen atoms in total. The van der Waals surface area contributed by atoms with Crippen molar-refractivity contribution in [3.63, 3.8) is 0 Å². The predicted octanol–water partition coefficient (Wildman–Crippen LogP) is 1.75. The summed E-state index contributed by atoms with van der Waals surface area (Å²) in [6.07, 6.45) is 4.80. The number of carbonyl (C=O) groups is 1. The quantitative estimate of drug-likeness (QED) is 0.456. The van der Waals surface area contributed by atoms with E-state index in [2.05, 4.69) is 19.6 Å². The average molecular weight is 180 g/mol. The zero-order chi connectivity index (χ0) is 10.5. The van der Waals surface area contributed by atoms with Crippen molar-refractivity contribution < 1.29 is 4.79 Å². The summed E-state index contributed by atoms with van der Waals surface area (Å²) in [5, 5.41) is 7.10. The van der Waals surface area contributed by atoms with Crippen LogP contribution in [0.2, 0.25) is 0 Å². The zero-order valence-corrected chi connectivity index (χ0v) is 8.42. The van der Waals surface area contributed by atoms with Gasteiger partial charge in [0.05, 0.1) is 0 Å². The van der Waals surface area contributed by atoms with Gasteiger partial charge in [0, 0.05) is 6.42 Å². The van der Waals surface area contributed by atoms with Crippen LogP contribution in [0.4, 0.5) is 0 Å². The molecule has 0 radical (unpaired) electrons. The topological polar surface area (TPSA) is 66.9 Å². The van der Waals surface area contributed by atoms with Crippen molar-refractivity contribution in [3.05, 3.63) is 11.6 Å². The number of nitrogens with zero attached hydrogens (tertiary/aromatic N) is 1. The highest BCUT2D eigenvalue weighted by molar-refractivity contribution is 5.91. The van der Waals surface area contributed by atoms with E-state index in [0.29, 0.717) is 6.42 Å². The highest BCUT2D eigenvalue weighted by Crippen LogP contribution is 2.32.